The predicted molar refractivity (Wildman–Crippen MR) is 53.7 cm³/mol. The van der Waals surface area contributed by atoms with Crippen LogP contribution >= 0.6 is 0 Å². The first-order valence-corrected chi connectivity index (χ1v) is 5.02. The predicted octanol–water partition coefficient (Wildman–Crippen LogP) is 2.30. The van der Waals surface area contributed by atoms with Crippen molar-refractivity contribution >= 4 is 5.84 Å². The van der Waals surface area contributed by atoms with Crippen molar-refractivity contribution in [1.82, 2.24) is 4.90 Å². The molecule has 1 heterocycles. The molecule has 0 radical (unpaired) electrons. The third-order valence-electron chi connectivity index (χ3n) is 2.76. The lowest BCUT2D eigenvalue weighted by Gasteiger charge is -2.35. The molecule has 0 bridgehead atoms. The Hall–Kier alpha value is -0.530. The van der Waals surface area contributed by atoms with Crippen LogP contribution in [0, 0.1) is 0 Å². The van der Waals surface area contributed by atoms with Gasteiger partial charge in [0.25, 0.3) is 0 Å². The number of hydrogen-bond donors (Lipinski definition) is 0. The molecule has 1 rings (SSSR count). The summed E-state index contributed by atoms with van der Waals surface area (Å²) >= 11 is 0. The zero-order chi connectivity index (χ0) is 8.97. The van der Waals surface area contributed by atoms with Gasteiger partial charge in [-0.05, 0) is 26.2 Å². The Balaban J connectivity index is 2.59. The van der Waals surface area contributed by atoms with Crippen LogP contribution in [0.15, 0.2) is 4.99 Å². The first-order chi connectivity index (χ1) is 5.79. The molecule has 2 nitrogen and oxygen atoms in total. The lowest BCUT2D eigenvalue weighted by atomic mass is 10.1. The molecule has 0 saturated carbocycles. The quantitative estimate of drug-likeness (QED) is 0.617. The summed E-state index contributed by atoms with van der Waals surface area (Å²) in [6.07, 6.45) is 5.06. The van der Waals surface area contributed by atoms with E-state index in [0.29, 0.717) is 6.04 Å². The summed E-state index contributed by atoms with van der Waals surface area (Å²) in [5.41, 5.74) is 0. The van der Waals surface area contributed by atoms with Crippen LogP contribution in [0.2, 0.25) is 0 Å². The maximum Gasteiger partial charge on any atom is 0.0987 e. The fourth-order valence-electron chi connectivity index (χ4n) is 1.77. The number of nitrogens with zero attached hydrogens (tertiary/aromatic N) is 2. The minimum atomic E-state index is 0.670. The maximum atomic E-state index is 4.34. The van der Waals surface area contributed by atoms with Gasteiger partial charge in [0.05, 0.1) is 5.84 Å². The Morgan fingerprint density at radius 1 is 1.50 bits per heavy atom. The first kappa shape index (κ1) is 9.56. The van der Waals surface area contributed by atoms with E-state index < -0.39 is 0 Å². The highest BCUT2D eigenvalue weighted by Gasteiger charge is 2.19. The molecule has 12 heavy (non-hydrogen) atoms. The molecule has 1 unspecified atom stereocenters. The number of piperidine rings is 1. The summed E-state index contributed by atoms with van der Waals surface area (Å²) in [5, 5.41) is 0. The second kappa shape index (κ2) is 4.48. The zero-order valence-corrected chi connectivity index (χ0v) is 8.51. The smallest absolute Gasteiger partial charge is 0.0987 e. The van der Waals surface area contributed by atoms with Gasteiger partial charge in [0, 0.05) is 26.1 Å². The SMILES string of the molecule is CCC(C)N1CCCCC1=NC. The fraction of sp³-hybridized carbons (Fsp3) is 0.900. The second-order valence-electron chi connectivity index (χ2n) is 3.55. The Labute approximate surface area is 75.7 Å². The molecular weight excluding hydrogens is 148 g/mol. The molecule has 0 N–H and O–H groups in total. The minimum absolute atomic E-state index is 0.670. The van der Waals surface area contributed by atoms with Crippen LogP contribution in [-0.4, -0.2) is 30.4 Å². The van der Waals surface area contributed by atoms with Gasteiger partial charge >= 0.3 is 0 Å². The number of rotatable bonds is 2. The minimum Gasteiger partial charge on any atom is -0.358 e. The molecule has 2 heteroatoms. The monoisotopic (exact) mass is 168 g/mol. The molecule has 0 aromatic rings. The van der Waals surface area contributed by atoms with Crippen molar-refractivity contribution in [3.8, 4) is 0 Å². The molecule has 1 aliphatic rings. The molecule has 0 amide bonds. The van der Waals surface area contributed by atoms with Crippen LogP contribution in [-0.2, 0) is 0 Å². The largest absolute Gasteiger partial charge is 0.358 e. The zero-order valence-electron chi connectivity index (χ0n) is 8.51. The average Bonchev–Trinajstić information content (AvgIpc) is 2.16. The van der Waals surface area contributed by atoms with E-state index in [1.807, 2.05) is 7.05 Å². The molecule has 0 spiro atoms. The molecule has 1 fully saturated rings. The van der Waals surface area contributed by atoms with Crippen LogP contribution in [0.3, 0.4) is 0 Å². The van der Waals surface area contributed by atoms with Gasteiger partial charge in [-0.25, -0.2) is 0 Å². The van der Waals surface area contributed by atoms with Crippen molar-refractivity contribution in [1.29, 1.82) is 0 Å². The molecule has 0 aromatic heterocycles. The summed E-state index contributed by atoms with van der Waals surface area (Å²) in [7, 11) is 1.91. The highest BCUT2D eigenvalue weighted by molar-refractivity contribution is 5.83. The topological polar surface area (TPSA) is 15.6 Å². The summed E-state index contributed by atoms with van der Waals surface area (Å²) in [4.78, 5) is 6.80. The molecule has 0 aliphatic carbocycles. The van der Waals surface area contributed by atoms with Crippen molar-refractivity contribution in [2.24, 2.45) is 4.99 Å². The van der Waals surface area contributed by atoms with E-state index in [4.69, 9.17) is 0 Å². The average molecular weight is 168 g/mol. The van der Waals surface area contributed by atoms with Crippen molar-refractivity contribution in [2.45, 2.75) is 45.6 Å². The lowest BCUT2D eigenvalue weighted by Crippen LogP contribution is -2.41. The summed E-state index contributed by atoms with van der Waals surface area (Å²) in [6.45, 7) is 5.74. The van der Waals surface area contributed by atoms with Crippen molar-refractivity contribution in [2.75, 3.05) is 13.6 Å². The van der Waals surface area contributed by atoms with Gasteiger partial charge < -0.3 is 4.90 Å². The summed E-state index contributed by atoms with van der Waals surface area (Å²) in [5.74, 6) is 1.32. The van der Waals surface area contributed by atoms with Crippen LogP contribution < -0.4 is 0 Å². The number of aliphatic imine (C=N–C) groups is 1. The van der Waals surface area contributed by atoms with E-state index in [9.17, 15) is 0 Å². The third-order valence-corrected chi connectivity index (χ3v) is 2.76. The molecule has 0 aromatic carbocycles. The molecule has 70 valence electrons. The van der Waals surface area contributed by atoms with Crippen LogP contribution in [0.25, 0.3) is 0 Å². The van der Waals surface area contributed by atoms with Crippen LogP contribution in [0.4, 0.5) is 0 Å². The van der Waals surface area contributed by atoms with Crippen LogP contribution in [0.5, 0.6) is 0 Å². The van der Waals surface area contributed by atoms with E-state index in [1.54, 1.807) is 0 Å². The van der Waals surface area contributed by atoms with Gasteiger partial charge in [0.15, 0.2) is 0 Å². The van der Waals surface area contributed by atoms with Crippen molar-refractivity contribution in [3.05, 3.63) is 0 Å². The number of hydrogen-bond acceptors (Lipinski definition) is 1. The van der Waals surface area contributed by atoms with E-state index in [1.165, 1.54) is 38.1 Å². The first-order valence-electron chi connectivity index (χ1n) is 5.02. The van der Waals surface area contributed by atoms with Crippen LogP contribution in [0.1, 0.15) is 39.5 Å². The summed E-state index contributed by atoms with van der Waals surface area (Å²) in [6, 6.07) is 0.670. The second-order valence-corrected chi connectivity index (χ2v) is 3.55. The summed E-state index contributed by atoms with van der Waals surface area (Å²) < 4.78 is 0. The third kappa shape index (κ3) is 1.99. The van der Waals surface area contributed by atoms with Gasteiger partial charge in [0.2, 0.25) is 0 Å². The lowest BCUT2D eigenvalue weighted by molar-refractivity contribution is 0.290. The van der Waals surface area contributed by atoms with E-state index in [0.717, 1.165) is 0 Å². The molecular formula is C10H20N2. The Kier molecular flexibility index (Phi) is 3.57. The van der Waals surface area contributed by atoms with E-state index >= 15 is 0 Å². The van der Waals surface area contributed by atoms with E-state index in [-0.39, 0.29) is 0 Å². The normalized spacial score (nSPS) is 24.6. The van der Waals surface area contributed by atoms with E-state index in [2.05, 4.69) is 23.7 Å². The van der Waals surface area contributed by atoms with Crippen molar-refractivity contribution in [3.63, 3.8) is 0 Å². The molecule has 1 saturated heterocycles. The molecule has 1 aliphatic heterocycles. The van der Waals surface area contributed by atoms with Crippen molar-refractivity contribution < 1.29 is 0 Å². The Morgan fingerprint density at radius 3 is 2.83 bits per heavy atom. The number of likely N-dealkylation sites (tertiary alicyclic amines) is 1. The standard InChI is InChI=1S/C10H20N2/c1-4-9(2)12-8-6-5-7-10(12)11-3/h9H,4-8H2,1-3H3. The van der Waals surface area contributed by atoms with Gasteiger partial charge in [-0.3, -0.25) is 4.99 Å². The Bertz CT molecular complexity index is 163. The maximum absolute atomic E-state index is 4.34. The van der Waals surface area contributed by atoms with Gasteiger partial charge in [-0.15, -0.1) is 0 Å². The molecule has 1 atom stereocenters. The van der Waals surface area contributed by atoms with Gasteiger partial charge in [-0.2, -0.15) is 0 Å². The Morgan fingerprint density at radius 2 is 2.25 bits per heavy atom. The van der Waals surface area contributed by atoms with Gasteiger partial charge in [-0.1, -0.05) is 6.92 Å². The number of amidine groups is 1. The highest BCUT2D eigenvalue weighted by atomic mass is 15.2. The van der Waals surface area contributed by atoms with Gasteiger partial charge in [0.1, 0.15) is 0 Å². The highest BCUT2D eigenvalue weighted by Crippen LogP contribution is 2.16. The fourth-order valence-corrected chi connectivity index (χ4v) is 1.77.